The van der Waals surface area contributed by atoms with Crippen LogP contribution in [-0.4, -0.2) is 46.3 Å². The summed E-state index contributed by atoms with van der Waals surface area (Å²) in [7, 11) is 0. The quantitative estimate of drug-likeness (QED) is 0.728. The molecule has 4 rings (SSSR count). The fourth-order valence-corrected chi connectivity index (χ4v) is 5.40. The second-order valence-electron chi connectivity index (χ2n) is 8.23. The van der Waals surface area contributed by atoms with Crippen LogP contribution in [0.15, 0.2) is 21.2 Å². The molecule has 0 spiro atoms. The molecule has 2 aromatic heterocycles. The van der Waals surface area contributed by atoms with E-state index in [-0.39, 0.29) is 0 Å². The molecule has 2 aromatic rings. The number of piperidine rings is 1. The fraction of sp³-hybridized carbons (Fsp3) is 0.619. The van der Waals surface area contributed by atoms with Crippen molar-refractivity contribution in [2.75, 3.05) is 18.5 Å². The Morgan fingerprint density at radius 1 is 1.36 bits per heavy atom. The van der Waals surface area contributed by atoms with Crippen LogP contribution in [0.2, 0.25) is 0 Å². The number of rotatable bonds is 4. The molecule has 0 bridgehead atoms. The van der Waals surface area contributed by atoms with Crippen molar-refractivity contribution in [1.82, 2.24) is 9.88 Å². The predicted molar refractivity (Wildman–Crippen MR) is 112 cm³/mol. The number of furan rings is 1. The summed E-state index contributed by atoms with van der Waals surface area (Å²) in [6, 6.07) is 5.41. The van der Waals surface area contributed by atoms with Crippen LogP contribution < -0.4 is 5.32 Å². The van der Waals surface area contributed by atoms with Crippen LogP contribution in [0.25, 0.3) is 11.0 Å². The van der Waals surface area contributed by atoms with Gasteiger partial charge in [0.15, 0.2) is 5.58 Å². The highest BCUT2D eigenvalue weighted by Crippen LogP contribution is 2.35. The third kappa shape index (κ3) is 3.91. The molecule has 0 unspecified atom stereocenters. The molecule has 2 atom stereocenters. The third-order valence-corrected chi connectivity index (χ3v) is 7.23. The van der Waals surface area contributed by atoms with Gasteiger partial charge in [-0.2, -0.15) is 5.26 Å². The molecule has 2 fully saturated rings. The van der Waals surface area contributed by atoms with Crippen LogP contribution in [0, 0.1) is 17.2 Å². The molecule has 1 saturated carbocycles. The molecule has 1 aliphatic heterocycles. The predicted octanol–water partition coefficient (Wildman–Crippen LogP) is 4.28. The number of halogens is 1. The van der Waals surface area contributed by atoms with Crippen LogP contribution in [0.5, 0.6) is 0 Å². The zero-order chi connectivity index (χ0) is 19.7. The Hall–Kier alpha value is -1.62. The van der Waals surface area contributed by atoms with Gasteiger partial charge in [-0.3, -0.25) is 4.90 Å². The molecule has 1 aliphatic carbocycles. The van der Waals surface area contributed by atoms with Gasteiger partial charge in [-0.25, -0.2) is 4.98 Å². The van der Waals surface area contributed by atoms with Crippen LogP contribution in [0.1, 0.15) is 51.2 Å². The van der Waals surface area contributed by atoms with Crippen molar-refractivity contribution in [3.63, 3.8) is 0 Å². The summed E-state index contributed by atoms with van der Waals surface area (Å²) < 4.78 is 6.31. The van der Waals surface area contributed by atoms with Crippen molar-refractivity contribution < 1.29 is 9.52 Å². The minimum atomic E-state index is 0.300. The molecular weight excluding hydrogens is 420 g/mol. The number of hydrogen-bond acceptors (Lipinski definition) is 6. The first-order valence-corrected chi connectivity index (χ1v) is 11.0. The third-order valence-electron chi connectivity index (χ3n) is 6.43. The van der Waals surface area contributed by atoms with E-state index >= 15 is 0 Å². The summed E-state index contributed by atoms with van der Waals surface area (Å²) in [5.41, 5.74) is 0.623. The van der Waals surface area contributed by atoms with Crippen molar-refractivity contribution in [3.05, 3.63) is 22.5 Å². The van der Waals surface area contributed by atoms with E-state index in [1.165, 1.54) is 12.8 Å². The van der Waals surface area contributed by atoms with Gasteiger partial charge >= 0.3 is 0 Å². The number of anilines is 1. The number of aromatic nitrogens is 1. The Morgan fingerprint density at radius 2 is 2.14 bits per heavy atom. The summed E-state index contributed by atoms with van der Waals surface area (Å²) >= 11 is 3.62. The van der Waals surface area contributed by atoms with Crippen molar-refractivity contribution in [1.29, 1.82) is 5.26 Å². The highest BCUT2D eigenvalue weighted by Gasteiger charge is 2.32. The maximum absolute atomic E-state index is 9.43. The van der Waals surface area contributed by atoms with E-state index in [1.54, 1.807) is 12.3 Å². The van der Waals surface area contributed by atoms with Gasteiger partial charge in [0.25, 0.3) is 0 Å². The molecule has 7 heteroatoms. The molecule has 1 saturated heterocycles. The topological polar surface area (TPSA) is 85.3 Å². The first-order chi connectivity index (χ1) is 13.6. The summed E-state index contributed by atoms with van der Waals surface area (Å²) in [6.07, 6.45) is 8.54. The Kier molecular flexibility index (Phi) is 5.91. The lowest BCUT2D eigenvalue weighted by Gasteiger charge is -2.44. The minimum absolute atomic E-state index is 0.300. The van der Waals surface area contributed by atoms with E-state index in [0.717, 1.165) is 47.9 Å². The number of nitrogens with one attached hydrogen (secondary N) is 1. The van der Waals surface area contributed by atoms with Crippen molar-refractivity contribution in [3.8, 4) is 6.07 Å². The summed E-state index contributed by atoms with van der Waals surface area (Å²) in [5, 5.41) is 22.9. The Balaban J connectivity index is 1.36. The van der Waals surface area contributed by atoms with E-state index in [9.17, 15) is 5.11 Å². The maximum Gasteiger partial charge on any atom is 0.204 e. The minimum Gasteiger partial charge on any atom is -0.444 e. The number of pyridine rings is 1. The average molecular weight is 447 g/mol. The van der Waals surface area contributed by atoms with Gasteiger partial charge < -0.3 is 14.8 Å². The monoisotopic (exact) mass is 446 g/mol. The van der Waals surface area contributed by atoms with E-state index in [1.807, 2.05) is 6.07 Å². The van der Waals surface area contributed by atoms with Crippen LogP contribution >= 0.6 is 15.9 Å². The number of likely N-dealkylation sites (tertiary alicyclic amines) is 1. The highest BCUT2D eigenvalue weighted by molar-refractivity contribution is 9.10. The first-order valence-electron chi connectivity index (χ1n) is 10.2. The van der Waals surface area contributed by atoms with Gasteiger partial charge in [0, 0.05) is 36.2 Å². The van der Waals surface area contributed by atoms with Crippen molar-refractivity contribution >= 4 is 32.7 Å². The zero-order valence-electron chi connectivity index (χ0n) is 16.2. The van der Waals surface area contributed by atoms with Gasteiger partial charge in [-0.05, 0) is 73.8 Å². The Bertz CT molecular complexity index is 869. The van der Waals surface area contributed by atoms with Crippen LogP contribution in [-0.2, 0) is 0 Å². The van der Waals surface area contributed by atoms with E-state index in [0.29, 0.717) is 42.0 Å². The lowest BCUT2D eigenvalue weighted by Crippen LogP contribution is -2.49. The summed E-state index contributed by atoms with van der Waals surface area (Å²) in [6.45, 7) is 3.75. The smallest absolute Gasteiger partial charge is 0.204 e. The lowest BCUT2D eigenvalue weighted by molar-refractivity contribution is 0.0406. The van der Waals surface area contributed by atoms with Gasteiger partial charge in [0.05, 0.1) is 10.7 Å². The normalized spacial score (nSPS) is 28.9. The molecule has 3 heterocycles. The lowest BCUT2D eigenvalue weighted by atomic mass is 9.85. The average Bonchev–Trinajstić information content (AvgIpc) is 3.15. The number of nitriles is 1. The van der Waals surface area contributed by atoms with Gasteiger partial charge in [-0.15, -0.1) is 0 Å². The molecule has 28 heavy (non-hydrogen) atoms. The van der Waals surface area contributed by atoms with Crippen LogP contribution in [0.4, 0.5) is 5.82 Å². The first kappa shape index (κ1) is 19.7. The Labute approximate surface area is 174 Å². The Morgan fingerprint density at radius 3 is 2.82 bits per heavy atom. The molecule has 6 nitrogen and oxygen atoms in total. The molecule has 150 valence electrons. The SMILES string of the molecule is C[C@@H]1C[C@H](CO)CCN1C1CCC(Nc2ncc3oc(C#N)cc3c2Br)CC1. The van der Waals surface area contributed by atoms with Gasteiger partial charge in [0.2, 0.25) is 5.76 Å². The molecule has 0 amide bonds. The summed E-state index contributed by atoms with van der Waals surface area (Å²) in [4.78, 5) is 7.16. The van der Waals surface area contributed by atoms with E-state index in [2.05, 4.69) is 38.1 Å². The number of nitrogens with zero attached hydrogens (tertiary/aromatic N) is 3. The largest absolute Gasteiger partial charge is 0.444 e. The maximum atomic E-state index is 9.43. The molecule has 0 radical (unpaired) electrons. The zero-order valence-corrected chi connectivity index (χ0v) is 17.8. The number of fused-ring (bicyclic) bond motifs is 1. The van der Waals surface area contributed by atoms with Gasteiger partial charge in [0.1, 0.15) is 11.9 Å². The van der Waals surface area contributed by atoms with Crippen molar-refractivity contribution in [2.24, 2.45) is 5.92 Å². The van der Waals surface area contributed by atoms with Gasteiger partial charge in [-0.1, -0.05) is 0 Å². The van der Waals surface area contributed by atoms with Crippen LogP contribution in [0.3, 0.4) is 0 Å². The van der Waals surface area contributed by atoms with Crippen molar-refractivity contribution in [2.45, 2.75) is 63.6 Å². The number of aliphatic hydroxyl groups is 1. The molecule has 2 N–H and O–H groups in total. The highest BCUT2D eigenvalue weighted by atomic mass is 79.9. The van der Waals surface area contributed by atoms with E-state index in [4.69, 9.17) is 9.68 Å². The summed E-state index contributed by atoms with van der Waals surface area (Å²) in [5.74, 6) is 1.60. The second kappa shape index (κ2) is 8.40. The standard InChI is InChI=1S/C21H27BrN4O2/c1-13-8-14(12-27)6-7-26(13)16-4-2-15(3-5-16)25-21-20(22)18-9-17(10-23)28-19(18)11-24-21/h9,11,13-16,27H,2-8,12H2,1H3,(H,24,25)/t13-,14-,15?,16?/m1/s1. The number of hydrogen-bond donors (Lipinski definition) is 2. The molecular formula is C21H27BrN4O2. The second-order valence-corrected chi connectivity index (χ2v) is 9.02. The molecule has 0 aromatic carbocycles. The fourth-order valence-electron chi connectivity index (χ4n) is 4.88. The van der Waals surface area contributed by atoms with E-state index < -0.39 is 0 Å². The number of aliphatic hydroxyl groups excluding tert-OH is 1. The molecule has 2 aliphatic rings.